The minimum absolute atomic E-state index is 0.0395. The molecule has 0 spiro atoms. The number of carbonyl (C=O) groups excluding carboxylic acids is 1. The first kappa shape index (κ1) is 24.3. The zero-order valence-corrected chi connectivity index (χ0v) is 20.7. The maximum Gasteiger partial charge on any atom is 0.408 e. The monoisotopic (exact) mass is 511 g/mol. The second kappa shape index (κ2) is 8.95. The van der Waals surface area contributed by atoms with E-state index in [2.05, 4.69) is 15.4 Å². The van der Waals surface area contributed by atoms with Gasteiger partial charge in [0, 0.05) is 17.5 Å². The Balaban J connectivity index is 1.47. The van der Waals surface area contributed by atoms with Crippen molar-refractivity contribution in [2.24, 2.45) is 0 Å². The number of hydrogen-bond acceptors (Lipinski definition) is 8. The Kier molecular flexibility index (Phi) is 5.89. The number of hydrogen-bond donors (Lipinski definition) is 2. The van der Waals surface area contributed by atoms with E-state index in [1.54, 1.807) is 33.0 Å². The molecule has 3 aromatic heterocycles. The van der Waals surface area contributed by atoms with E-state index in [-0.39, 0.29) is 30.3 Å². The number of nitrogens with one attached hydrogen (secondary N) is 1. The van der Waals surface area contributed by atoms with Gasteiger partial charge in [-0.2, -0.15) is 5.10 Å². The number of amides is 1. The molecule has 0 saturated carbocycles. The van der Waals surface area contributed by atoms with Crippen molar-refractivity contribution in [3.05, 3.63) is 53.3 Å². The first-order chi connectivity index (χ1) is 17.5. The molecule has 11 nitrogen and oxygen atoms in total. The first-order valence-corrected chi connectivity index (χ1v) is 11.7. The van der Waals surface area contributed by atoms with E-state index >= 15 is 0 Å². The third-order valence-corrected chi connectivity index (χ3v) is 5.81. The number of aromatic nitrogens is 3. The molecule has 2 N–H and O–H groups in total. The van der Waals surface area contributed by atoms with Gasteiger partial charge in [0.25, 0.3) is 0 Å². The molecule has 4 aromatic rings. The van der Waals surface area contributed by atoms with Crippen LogP contribution in [0.3, 0.4) is 0 Å². The number of nitrogens with zero attached hydrogens (tertiary/aromatic N) is 4. The summed E-state index contributed by atoms with van der Waals surface area (Å²) in [6, 6.07) is 4.27. The van der Waals surface area contributed by atoms with Crippen LogP contribution in [-0.2, 0) is 17.8 Å². The molecular formula is C25H26FN5O6. The topological polar surface area (TPSA) is 131 Å². The molecular weight excluding hydrogens is 485 g/mol. The predicted octanol–water partition coefficient (Wildman–Crippen LogP) is 4.13. The predicted molar refractivity (Wildman–Crippen MR) is 130 cm³/mol. The maximum absolute atomic E-state index is 14.6. The Morgan fingerprint density at radius 3 is 2.81 bits per heavy atom. The molecule has 0 unspecified atom stereocenters. The summed E-state index contributed by atoms with van der Waals surface area (Å²) in [6.45, 7) is 7.86. The summed E-state index contributed by atoms with van der Waals surface area (Å²) in [4.78, 5) is 30.1. The maximum atomic E-state index is 14.6. The highest BCUT2D eigenvalue weighted by Gasteiger charge is 2.29. The van der Waals surface area contributed by atoms with Gasteiger partial charge in [-0.05, 0) is 45.9 Å². The molecule has 194 valence electrons. The summed E-state index contributed by atoms with van der Waals surface area (Å²) in [7, 11) is 0. The van der Waals surface area contributed by atoms with Crippen LogP contribution in [-0.4, -0.2) is 50.0 Å². The lowest BCUT2D eigenvalue weighted by atomic mass is 10.1. The summed E-state index contributed by atoms with van der Waals surface area (Å²) in [6.07, 6.45) is 2.23. The molecule has 1 aliphatic heterocycles. The molecule has 0 radical (unpaired) electrons. The number of carboxylic acids is 1. The minimum Gasteiger partial charge on any atom is -0.486 e. The molecule has 0 bridgehead atoms. The highest BCUT2D eigenvalue weighted by atomic mass is 19.1. The zero-order chi connectivity index (χ0) is 26.5. The van der Waals surface area contributed by atoms with Crippen molar-refractivity contribution in [1.82, 2.24) is 19.9 Å². The molecule has 37 heavy (non-hydrogen) atoms. The van der Waals surface area contributed by atoms with Crippen molar-refractivity contribution in [3.8, 4) is 5.75 Å². The summed E-state index contributed by atoms with van der Waals surface area (Å²) in [5.74, 6) is -0.296. The van der Waals surface area contributed by atoms with Gasteiger partial charge in [-0.15, -0.1) is 0 Å². The van der Waals surface area contributed by atoms with Gasteiger partial charge in [-0.3, -0.25) is 0 Å². The second-order valence-corrected chi connectivity index (χ2v) is 9.90. The summed E-state index contributed by atoms with van der Waals surface area (Å²) in [5.41, 5.74) is 0.529. The van der Waals surface area contributed by atoms with Gasteiger partial charge >= 0.3 is 12.1 Å². The van der Waals surface area contributed by atoms with Gasteiger partial charge in [0.15, 0.2) is 17.2 Å². The number of carbonyl (C=O) groups is 2. The van der Waals surface area contributed by atoms with Gasteiger partial charge in [0.1, 0.15) is 34.9 Å². The van der Waals surface area contributed by atoms with E-state index in [0.717, 1.165) is 0 Å². The van der Waals surface area contributed by atoms with E-state index in [1.165, 1.54) is 22.8 Å². The second-order valence-electron chi connectivity index (χ2n) is 9.90. The van der Waals surface area contributed by atoms with Crippen LogP contribution in [0.15, 0.2) is 35.0 Å². The highest BCUT2D eigenvalue weighted by Crippen LogP contribution is 2.35. The Bertz CT molecular complexity index is 1520. The fourth-order valence-electron chi connectivity index (χ4n) is 4.18. The van der Waals surface area contributed by atoms with Crippen LogP contribution >= 0.6 is 0 Å². The highest BCUT2D eigenvalue weighted by molar-refractivity contribution is 5.94. The summed E-state index contributed by atoms with van der Waals surface area (Å²) >= 11 is 0. The molecule has 1 atom stereocenters. The SMILES string of the molecule is C[C@@H]1COc2cn3ncc(C(=O)O)c3nc2N1Cc1cc(F)cc2cc(CNC(=O)OC(C)(C)C)oc12. The Morgan fingerprint density at radius 2 is 2.08 bits per heavy atom. The molecule has 0 fully saturated rings. The molecule has 1 aromatic carbocycles. The number of fused-ring (bicyclic) bond motifs is 3. The Morgan fingerprint density at radius 1 is 1.30 bits per heavy atom. The van der Waals surface area contributed by atoms with E-state index in [0.29, 0.717) is 40.5 Å². The van der Waals surface area contributed by atoms with Crippen LogP contribution in [0.1, 0.15) is 49.4 Å². The van der Waals surface area contributed by atoms with Crippen LogP contribution in [0.25, 0.3) is 16.6 Å². The van der Waals surface area contributed by atoms with Crippen LogP contribution in [0.5, 0.6) is 5.75 Å². The molecule has 1 aliphatic rings. The standard InChI is InChI=1S/C25H26FN5O6/c1-13-12-35-19-11-31-21(18(9-28-31)23(32)33)29-22(19)30(13)10-15-6-16(26)5-14-7-17(36-20(14)15)8-27-24(34)37-25(2,3)4/h5-7,9,11,13H,8,10,12H2,1-4H3,(H,27,34)(H,32,33)/t13-/m1/s1. The number of ether oxygens (including phenoxy) is 2. The lowest BCUT2D eigenvalue weighted by Gasteiger charge is -2.35. The average molecular weight is 512 g/mol. The van der Waals surface area contributed by atoms with Gasteiger partial charge in [0.2, 0.25) is 0 Å². The number of rotatable bonds is 5. The first-order valence-electron chi connectivity index (χ1n) is 11.7. The van der Waals surface area contributed by atoms with Gasteiger partial charge < -0.3 is 29.2 Å². The van der Waals surface area contributed by atoms with Crippen LogP contribution in [0.4, 0.5) is 15.0 Å². The number of aromatic carboxylic acids is 1. The quantitative estimate of drug-likeness (QED) is 0.406. The van der Waals surface area contributed by atoms with Crippen LogP contribution in [0, 0.1) is 5.82 Å². The van der Waals surface area contributed by atoms with Crippen molar-refractivity contribution >= 4 is 34.5 Å². The molecule has 1 amide bonds. The Hall–Kier alpha value is -4.35. The van der Waals surface area contributed by atoms with E-state index in [9.17, 15) is 19.1 Å². The third kappa shape index (κ3) is 4.86. The number of halogens is 1. The van der Waals surface area contributed by atoms with E-state index in [1.807, 2.05) is 11.8 Å². The van der Waals surface area contributed by atoms with Gasteiger partial charge in [-0.1, -0.05) is 0 Å². The average Bonchev–Trinajstić information content (AvgIpc) is 3.40. The largest absolute Gasteiger partial charge is 0.486 e. The molecule has 12 heteroatoms. The molecule has 4 heterocycles. The minimum atomic E-state index is -1.14. The molecule has 5 rings (SSSR count). The lowest BCUT2D eigenvalue weighted by molar-refractivity contribution is 0.0519. The van der Waals surface area contributed by atoms with Gasteiger partial charge in [0.05, 0.1) is 25.0 Å². The lowest BCUT2D eigenvalue weighted by Crippen LogP contribution is -2.41. The zero-order valence-electron chi connectivity index (χ0n) is 20.7. The Labute approximate surface area is 210 Å². The van der Waals surface area contributed by atoms with E-state index in [4.69, 9.17) is 13.9 Å². The van der Waals surface area contributed by atoms with Crippen molar-refractivity contribution in [3.63, 3.8) is 0 Å². The van der Waals surface area contributed by atoms with Crippen molar-refractivity contribution in [2.75, 3.05) is 11.5 Å². The summed E-state index contributed by atoms with van der Waals surface area (Å²) < 4.78 is 33.0. The molecule has 0 saturated heterocycles. The number of anilines is 1. The third-order valence-electron chi connectivity index (χ3n) is 5.81. The van der Waals surface area contributed by atoms with Crippen molar-refractivity contribution < 1.29 is 33.0 Å². The number of alkyl carbamates (subject to hydrolysis) is 1. The van der Waals surface area contributed by atoms with Gasteiger partial charge in [-0.25, -0.2) is 23.5 Å². The summed E-state index contributed by atoms with van der Waals surface area (Å²) in [5, 5.41) is 16.7. The number of furan rings is 1. The normalized spacial score (nSPS) is 15.5. The fourth-order valence-corrected chi connectivity index (χ4v) is 4.18. The smallest absolute Gasteiger partial charge is 0.408 e. The van der Waals surface area contributed by atoms with Crippen molar-refractivity contribution in [1.29, 1.82) is 0 Å². The van der Waals surface area contributed by atoms with E-state index < -0.39 is 23.5 Å². The van der Waals surface area contributed by atoms with Crippen molar-refractivity contribution in [2.45, 2.75) is 52.4 Å². The molecule has 0 aliphatic carbocycles. The number of benzene rings is 1. The van der Waals surface area contributed by atoms with Crippen LogP contribution in [0.2, 0.25) is 0 Å². The number of carboxylic acid groups (broad SMARTS) is 1. The fraction of sp³-hybridized carbons (Fsp3) is 0.360. The van der Waals surface area contributed by atoms with Crippen LogP contribution < -0.4 is 15.0 Å².